The number of hydrogen-bond acceptors (Lipinski definition) is 4. The number of halogens is 1. The molecular weight excluding hydrogens is 294 g/mol. The van der Waals surface area contributed by atoms with Crippen LogP contribution in [-0.4, -0.2) is 23.1 Å². The van der Waals surface area contributed by atoms with Gasteiger partial charge in [0, 0.05) is 6.54 Å². The number of nitrogens with zero attached hydrogens (tertiary/aromatic N) is 2. The van der Waals surface area contributed by atoms with Crippen molar-refractivity contribution in [2.75, 3.05) is 18.5 Å². The molecule has 0 aliphatic carbocycles. The summed E-state index contributed by atoms with van der Waals surface area (Å²) in [6.45, 7) is 5.79. The van der Waals surface area contributed by atoms with Crippen LogP contribution in [0.4, 0.5) is 5.82 Å². The van der Waals surface area contributed by atoms with Crippen molar-refractivity contribution >= 4 is 21.7 Å². The molecule has 0 aliphatic heterocycles. The molecule has 0 spiro atoms. The number of anilines is 1. The highest BCUT2D eigenvalue weighted by atomic mass is 79.9. The van der Waals surface area contributed by atoms with E-state index in [1.165, 1.54) is 32.0 Å². The molecule has 1 rings (SSSR count). The first-order valence-corrected chi connectivity index (χ1v) is 7.46. The minimum Gasteiger partial charge on any atom is -0.477 e. The molecule has 0 unspecified atom stereocenters. The average Bonchev–Trinajstić information content (AvgIpc) is 2.38. The number of hydrogen-bond donors (Lipinski definition) is 1. The van der Waals surface area contributed by atoms with Crippen LogP contribution in [0.2, 0.25) is 0 Å². The van der Waals surface area contributed by atoms with E-state index in [0.29, 0.717) is 12.5 Å². The summed E-state index contributed by atoms with van der Waals surface area (Å²) in [5.74, 6) is 1.41. The Balaban J connectivity index is 2.35. The maximum atomic E-state index is 5.67. The van der Waals surface area contributed by atoms with Crippen LogP contribution in [-0.2, 0) is 0 Å². The van der Waals surface area contributed by atoms with E-state index < -0.39 is 0 Å². The maximum absolute atomic E-state index is 5.67. The van der Waals surface area contributed by atoms with E-state index in [2.05, 4.69) is 38.1 Å². The van der Waals surface area contributed by atoms with Crippen LogP contribution in [0, 0.1) is 0 Å². The highest BCUT2D eigenvalue weighted by Gasteiger charge is 2.08. The van der Waals surface area contributed by atoms with Gasteiger partial charge in [-0.15, -0.1) is 0 Å². The van der Waals surface area contributed by atoms with Gasteiger partial charge in [0.1, 0.15) is 16.6 Å². The lowest BCUT2D eigenvalue weighted by atomic mass is 10.2. The fourth-order valence-corrected chi connectivity index (χ4v) is 2.08. The first kappa shape index (κ1) is 15.2. The summed E-state index contributed by atoms with van der Waals surface area (Å²) in [6.07, 6.45) is 7.68. The molecule has 1 N–H and O–H groups in total. The molecule has 0 aromatic carbocycles. The molecule has 102 valence electrons. The Morgan fingerprint density at radius 2 is 1.94 bits per heavy atom. The number of aromatic nitrogens is 2. The molecule has 0 aliphatic rings. The fraction of sp³-hybridized carbons (Fsp3) is 0.692. The SMILES string of the molecule is CCCCCCCOc1ncnc(NCC)c1Br. The van der Waals surface area contributed by atoms with Gasteiger partial charge in [0.25, 0.3) is 0 Å². The van der Waals surface area contributed by atoms with E-state index >= 15 is 0 Å². The molecule has 1 aromatic heterocycles. The first-order valence-electron chi connectivity index (χ1n) is 6.66. The van der Waals surface area contributed by atoms with Gasteiger partial charge in [0.05, 0.1) is 6.61 Å². The first-order chi connectivity index (χ1) is 8.79. The summed E-state index contributed by atoms with van der Waals surface area (Å²) in [7, 11) is 0. The highest BCUT2D eigenvalue weighted by molar-refractivity contribution is 9.10. The van der Waals surface area contributed by atoms with E-state index in [0.717, 1.165) is 23.3 Å². The van der Waals surface area contributed by atoms with Gasteiger partial charge < -0.3 is 10.1 Å². The van der Waals surface area contributed by atoms with Crippen molar-refractivity contribution in [3.63, 3.8) is 0 Å². The zero-order valence-electron chi connectivity index (χ0n) is 11.2. The Labute approximate surface area is 118 Å². The van der Waals surface area contributed by atoms with Crippen molar-refractivity contribution in [3.8, 4) is 5.88 Å². The Morgan fingerprint density at radius 1 is 1.17 bits per heavy atom. The molecule has 4 nitrogen and oxygen atoms in total. The Morgan fingerprint density at radius 3 is 2.67 bits per heavy atom. The van der Waals surface area contributed by atoms with Crippen LogP contribution in [0.5, 0.6) is 5.88 Å². The van der Waals surface area contributed by atoms with E-state index in [1.807, 2.05) is 6.92 Å². The lowest BCUT2D eigenvalue weighted by molar-refractivity contribution is 0.291. The third-order valence-corrected chi connectivity index (χ3v) is 3.30. The molecule has 0 atom stereocenters. The lowest BCUT2D eigenvalue weighted by Crippen LogP contribution is -2.05. The second-order valence-electron chi connectivity index (χ2n) is 4.13. The number of unbranched alkanes of at least 4 members (excludes halogenated alkanes) is 4. The molecular formula is C13H22BrN3O. The molecule has 0 amide bonds. The predicted molar refractivity (Wildman–Crippen MR) is 78.1 cm³/mol. The van der Waals surface area contributed by atoms with E-state index in [9.17, 15) is 0 Å². The van der Waals surface area contributed by atoms with Crippen molar-refractivity contribution in [1.82, 2.24) is 9.97 Å². The van der Waals surface area contributed by atoms with E-state index in [4.69, 9.17) is 4.74 Å². The molecule has 0 radical (unpaired) electrons. The van der Waals surface area contributed by atoms with Crippen molar-refractivity contribution in [3.05, 3.63) is 10.8 Å². The molecule has 1 aromatic rings. The van der Waals surface area contributed by atoms with Crippen LogP contribution in [0.15, 0.2) is 10.8 Å². The highest BCUT2D eigenvalue weighted by Crippen LogP contribution is 2.28. The third-order valence-electron chi connectivity index (χ3n) is 2.59. The van der Waals surface area contributed by atoms with Gasteiger partial charge in [0.2, 0.25) is 5.88 Å². The van der Waals surface area contributed by atoms with Gasteiger partial charge in [0.15, 0.2) is 0 Å². The summed E-state index contributed by atoms with van der Waals surface area (Å²) in [4.78, 5) is 8.28. The van der Waals surface area contributed by atoms with Gasteiger partial charge in [-0.3, -0.25) is 0 Å². The summed E-state index contributed by atoms with van der Waals surface area (Å²) in [5.41, 5.74) is 0. The number of rotatable bonds is 9. The molecule has 0 bridgehead atoms. The quantitative estimate of drug-likeness (QED) is 0.699. The van der Waals surface area contributed by atoms with Crippen LogP contribution >= 0.6 is 15.9 Å². The van der Waals surface area contributed by atoms with Crippen molar-refractivity contribution in [1.29, 1.82) is 0 Å². The van der Waals surface area contributed by atoms with Gasteiger partial charge >= 0.3 is 0 Å². The predicted octanol–water partition coefficient (Wildman–Crippen LogP) is 4.02. The second kappa shape index (κ2) is 9.14. The molecule has 0 saturated carbocycles. The summed E-state index contributed by atoms with van der Waals surface area (Å²) in [5, 5.41) is 3.16. The minimum atomic E-state index is 0.622. The molecule has 18 heavy (non-hydrogen) atoms. The van der Waals surface area contributed by atoms with Crippen LogP contribution in [0.1, 0.15) is 46.0 Å². The largest absolute Gasteiger partial charge is 0.477 e. The van der Waals surface area contributed by atoms with E-state index in [1.54, 1.807) is 0 Å². The summed E-state index contributed by atoms with van der Waals surface area (Å²) < 4.78 is 6.47. The normalized spacial score (nSPS) is 10.4. The Kier molecular flexibility index (Phi) is 7.73. The van der Waals surface area contributed by atoms with Gasteiger partial charge in [-0.05, 0) is 29.3 Å². The van der Waals surface area contributed by atoms with Gasteiger partial charge in [-0.25, -0.2) is 9.97 Å². The monoisotopic (exact) mass is 315 g/mol. The smallest absolute Gasteiger partial charge is 0.233 e. The number of nitrogens with one attached hydrogen (secondary N) is 1. The standard InChI is InChI=1S/C13H22BrN3O/c1-3-5-6-7-8-9-18-13-11(14)12(15-4-2)16-10-17-13/h10H,3-9H2,1-2H3,(H,15,16,17). The lowest BCUT2D eigenvalue weighted by Gasteiger charge is -2.10. The van der Waals surface area contributed by atoms with Crippen LogP contribution in [0.3, 0.4) is 0 Å². The maximum Gasteiger partial charge on any atom is 0.233 e. The number of ether oxygens (including phenoxy) is 1. The van der Waals surface area contributed by atoms with Crippen molar-refractivity contribution < 1.29 is 4.74 Å². The fourth-order valence-electron chi connectivity index (χ4n) is 1.62. The van der Waals surface area contributed by atoms with Crippen molar-refractivity contribution in [2.24, 2.45) is 0 Å². The average molecular weight is 316 g/mol. The molecule has 5 heteroatoms. The zero-order chi connectivity index (χ0) is 13.2. The third kappa shape index (κ3) is 5.21. The topological polar surface area (TPSA) is 47.0 Å². The van der Waals surface area contributed by atoms with Crippen LogP contribution in [0.25, 0.3) is 0 Å². The molecule has 0 saturated heterocycles. The van der Waals surface area contributed by atoms with E-state index in [-0.39, 0.29) is 0 Å². The summed E-state index contributed by atoms with van der Waals surface area (Å²) >= 11 is 3.46. The molecule has 0 fully saturated rings. The van der Waals surface area contributed by atoms with Crippen molar-refractivity contribution in [2.45, 2.75) is 46.0 Å². The Bertz CT molecular complexity index is 347. The zero-order valence-corrected chi connectivity index (χ0v) is 12.8. The second-order valence-corrected chi connectivity index (χ2v) is 4.93. The molecule has 1 heterocycles. The minimum absolute atomic E-state index is 0.622. The Hall–Kier alpha value is -0.840. The van der Waals surface area contributed by atoms with Gasteiger partial charge in [-0.2, -0.15) is 0 Å². The van der Waals surface area contributed by atoms with Gasteiger partial charge in [-0.1, -0.05) is 32.6 Å². The summed E-state index contributed by atoms with van der Waals surface area (Å²) in [6, 6.07) is 0. The van der Waals surface area contributed by atoms with Crippen LogP contribution < -0.4 is 10.1 Å².